The number of carbonyl (C=O) groups is 10. The van der Waals surface area contributed by atoms with Gasteiger partial charge in [-0.2, -0.15) is 0 Å². The molecule has 0 radical (unpaired) electrons. The molecule has 2 saturated heterocycles. The van der Waals surface area contributed by atoms with Crippen LogP contribution in [0.1, 0.15) is 44.1 Å². The minimum absolute atomic E-state index is 0.0547. The van der Waals surface area contributed by atoms with Crippen molar-refractivity contribution >= 4 is 98.4 Å². The van der Waals surface area contributed by atoms with Crippen molar-refractivity contribution in [3.05, 3.63) is 35.9 Å². The van der Waals surface area contributed by atoms with Gasteiger partial charge in [0, 0.05) is 30.2 Å². The van der Waals surface area contributed by atoms with Crippen molar-refractivity contribution in [2.24, 2.45) is 27.9 Å². The summed E-state index contributed by atoms with van der Waals surface area (Å²) in [7, 11) is 1.91. The third-order valence-corrected chi connectivity index (χ3v) is 13.0. The Morgan fingerprint density at radius 2 is 1.22 bits per heavy atom. The van der Waals surface area contributed by atoms with Crippen molar-refractivity contribution in [3.63, 3.8) is 0 Å². The van der Waals surface area contributed by atoms with Crippen LogP contribution in [-0.2, 0) is 54.4 Å². The Hall–Kier alpha value is -5.80. The van der Waals surface area contributed by atoms with E-state index in [1.165, 1.54) is 0 Å². The van der Waals surface area contributed by atoms with Gasteiger partial charge >= 0.3 is 5.97 Å². The van der Waals surface area contributed by atoms with E-state index in [1.807, 2.05) is 0 Å². The smallest absolute Gasteiger partial charge is 0.305 e. The maximum Gasteiger partial charge on any atom is 0.305 e. The molecular weight excluding hydrogens is 911 g/mol. The SMILES string of the molecule is NCCCC[C@@H]1NC(=O)CSC[C@@H](C(N)=O)NC(=O)[C@H](Cc2ccccc2)NC(=O)[C@@H]2CSSC[C@H](NC1=O)C(=O)N[C@@H](CCCN=C(N)N)C(=O)NCC(=O)N[C@@H](CC(=O)O)C(=O)N2. The van der Waals surface area contributed by atoms with Gasteiger partial charge in [-0.3, -0.25) is 52.9 Å². The summed E-state index contributed by atoms with van der Waals surface area (Å²) in [5.41, 5.74) is 22.8. The number of nitrogens with zero attached hydrogens (tertiary/aromatic N) is 1. The van der Waals surface area contributed by atoms with E-state index in [0.29, 0.717) is 18.4 Å². The van der Waals surface area contributed by atoms with E-state index < -0.39 is 114 Å². The monoisotopic (exact) mass is 967 g/mol. The van der Waals surface area contributed by atoms with Crippen molar-refractivity contribution in [2.75, 3.05) is 42.6 Å². The molecule has 0 saturated carbocycles. The quantitative estimate of drug-likeness (QED) is 0.0381. The summed E-state index contributed by atoms with van der Waals surface area (Å²) >= 11 is 0.919. The minimum atomic E-state index is -1.76. The number of aliphatic imine (C=N–C) groups is 1. The third kappa shape index (κ3) is 19.9. The van der Waals surface area contributed by atoms with Gasteiger partial charge in [0.25, 0.3) is 0 Å². The Bertz CT molecular complexity index is 1890. The Morgan fingerprint density at radius 3 is 1.82 bits per heavy atom. The van der Waals surface area contributed by atoms with Crippen molar-refractivity contribution in [3.8, 4) is 0 Å². The lowest BCUT2D eigenvalue weighted by molar-refractivity contribution is -0.141. The lowest BCUT2D eigenvalue weighted by atomic mass is 10.0. The van der Waals surface area contributed by atoms with Crippen molar-refractivity contribution < 1.29 is 53.1 Å². The highest BCUT2D eigenvalue weighted by molar-refractivity contribution is 8.76. The molecule has 2 heterocycles. The average Bonchev–Trinajstić information content (AvgIpc) is 3.25. The molecule has 0 spiro atoms. The molecule has 9 amide bonds. The molecule has 0 unspecified atom stereocenters. The molecule has 3 rings (SSSR count). The topological polar surface area (TPSA) is 404 Å². The maximum atomic E-state index is 14.2. The van der Waals surface area contributed by atoms with Crippen LogP contribution in [0.4, 0.5) is 0 Å². The average molecular weight is 968 g/mol. The van der Waals surface area contributed by atoms with E-state index in [0.717, 1.165) is 33.3 Å². The van der Waals surface area contributed by atoms with Gasteiger partial charge in [0.05, 0.1) is 18.7 Å². The second kappa shape index (κ2) is 28.2. The van der Waals surface area contributed by atoms with Crippen LogP contribution in [0.5, 0.6) is 0 Å². The predicted molar refractivity (Wildman–Crippen MR) is 243 cm³/mol. The fraction of sp³-hybridized carbons (Fsp3) is 0.553. The molecular formula is C38H57N13O11S3. The number of nitrogens with one attached hydrogen (secondary N) is 8. The fourth-order valence-corrected chi connectivity index (χ4v) is 9.37. The van der Waals surface area contributed by atoms with Crippen LogP contribution in [0.25, 0.3) is 0 Å². The summed E-state index contributed by atoms with van der Waals surface area (Å²) in [4.78, 5) is 138. The summed E-state index contributed by atoms with van der Waals surface area (Å²) in [6.45, 7) is -0.444. The number of hydrogen-bond acceptors (Lipinski definition) is 15. The maximum absolute atomic E-state index is 14.2. The van der Waals surface area contributed by atoms with Crippen LogP contribution in [0.3, 0.4) is 0 Å². The number of fused-ring (bicyclic) bond motifs is 5. The lowest BCUT2D eigenvalue weighted by Gasteiger charge is -2.26. The highest BCUT2D eigenvalue weighted by Crippen LogP contribution is 2.24. The van der Waals surface area contributed by atoms with Gasteiger partial charge in [0.15, 0.2) is 5.96 Å². The van der Waals surface area contributed by atoms with Gasteiger partial charge in [-0.25, -0.2) is 0 Å². The number of hydrogen-bond donors (Lipinski definition) is 13. The summed E-state index contributed by atoms with van der Waals surface area (Å²) < 4.78 is 0. The predicted octanol–water partition coefficient (Wildman–Crippen LogP) is -4.98. The minimum Gasteiger partial charge on any atom is -0.481 e. The molecule has 65 heavy (non-hydrogen) atoms. The second-order valence-electron chi connectivity index (χ2n) is 14.8. The number of aliphatic carboxylic acids is 1. The van der Waals surface area contributed by atoms with Gasteiger partial charge in [-0.15, -0.1) is 11.8 Å². The molecule has 27 heteroatoms. The molecule has 2 aliphatic rings. The first kappa shape index (κ1) is 53.5. The van der Waals surface area contributed by atoms with Crippen LogP contribution >= 0.6 is 33.3 Å². The molecule has 7 atom stereocenters. The van der Waals surface area contributed by atoms with E-state index >= 15 is 0 Å². The molecule has 17 N–H and O–H groups in total. The van der Waals surface area contributed by atoms with Crippen molar-refractivity contribution in [2.45, 2.75) is 87.2 Å². The number of carboxylic acid groups (broad SMARTS) is 1. The lowest BCUT2D eigenvalue weighted by Crippen LogP contribution is -2.59. The van der Waals surface area contributed by atoms with Crippen LogP contribution in [-0.4, -0.2) is 155 Å². The first-order valence-corrected chi connectivity index (χ1v) is 24.1. The number of amides is 9. The summed E-state index contributed by atoms with van der Waals surface area (Å²) in [6.07, 6.45) is 0.0548. The highest BCUT2D eigenvalue weighted by atomic mass is 33.1. The zero-order chi connectivity index (χ0) is 47.9. The number of guanidine groups is 1. The molecule has 2 bridgehead atoms. The number of unbranched alkanes of at least 4 members (excludes halogenated alkanes) is 1. The number of carboxylic acids is 1. The molecule has 0 aliphatic carbocycles. The van der Waals surface area contributed by atoms with Crippen molar-refractivity contribution in [1.82, 2.24) is 42.5 Å². The zero-order valence-corrected chi connectivity index (χ0v) is 37.8. The number of primary amides is 1. The normalized spacial score (nSPS) is 25.0. The van der Waals surface area contributed by atoms with Crippen LogP contribution in [0.2, 0.25) is 0 Å². The van der Waals surface area contributed by atoms with E-state index in [-0.39, 0.29) is 67.7 Å². The molecule has 1 aromatic rings. The first-order chi connectivity index (χ1) is 31.0. The largest absolute Gasteiger partial charge is 0.481 e. The Labute approximate surface area is 386 Å². The van der Waals surface area contributed by atoms with E-state index in [4.69, 9.17) is 22.9 Å². The van der Waals surface area contributed by atoms with Crippen LogP contribution in [0.15, 0.2) is 35.3 Å². The number of rotatable bonds is 13. The van der Waals surface area contributed by atoms with Gasteiger partial charge in [-0.05, 0) is 44.2 Å². The zero-order valence-electron chi connectivity index (χ0n) is 35.3. The van der Waals surface area contributed by atoms with Gasteiger partial charge < -0.3 is 70.6 Å². The van der Waals surface area contributed by atoms with Crippen LogP contribution < -0.4 is 65.5 Å². The first-order valence-electron chi connectivity index (χ1n) is 20.5. The highest BCUT2D eigenvalue weighted by Gasteiger charge is 2.35. The molecule has 24 nitrogen and oxygen atoms in total. The molecule has 2 aliphatic heterocycles. The Kier molecular flexibility index (Phi) is 23.2. The Morgan fingerprint density at radius 1 is 0.646 bits per heavy atom. The second-order valence-corrected chi connectivity index (χ2v) is 18.4. The van der Waals surface area contributed by atoms with E-state index in [9.17, 15) is 53.1 Å². The number of benzene rings is 1. The van der Waals surface area contributed by atoms with Gasteiger partial charge in [-0.1, -0.05) is 51.9 Å². The number of carbonyl (C=O) groups excluding carboxylic acids is 9. The van der Waals surface area contributed by atoms with Crippen LogP contribution in [0, 0.1) is 0 Å². The Balaban J connectivity index is 2.13. The summed E-state index contributed by atoms with van der Waals surface area (Å²) in [6, 6.07) is -1.41. The van der Waals surface area contributed by atoms with E-state index in [1.54, 1.807) is 30.3 Å². The molecule has 358 valence electrons. The van der Waals surface area contributed by atoms with Crippen molar-refractivity contribution in [1.29, 1.82) is 0 Å². The third-order valence-electron chi connectivity index (χ3n) is 9.54. The summed E-state index contributed by atoms with van der Waals surface area (Å²) in [5, 5.41) is 29.7. The van der Waals surface area contributed by atoms with E-state index in [2.05, 4.69) is 47.5 Å². The summed E-state index contributed by atoms with van der Waals surface area (Å²) in [5.74, 6) is -10.6. The number of thioether (sulfide) groups is 1. The molecule has 2 fully saturated rings. The van der Waals surface area contributed by atoms with Gasteiger partial charge in [0.2, 0.25) is 53.2 Å². The molecule has 0 aromatic heterocycles. The fourth-order valence-electron chi connectivity index (χ4n) is 6.17. The number of nitrogens with two attached hydrogens (primary N) is 4. The standard InChI is InChI=1S/C38H57N13O11S3/c39-11-5-4-9-22-33(58)50-26-17-64-65-18-27(37(62)48-23(13-20-7-2-1-3-8-20)34(59)49-25(31(40)56)16-63-19-29(53)45-22)51-35(60)24(14-30(54)55)46-28(52)15-44-32(57)21(47-36(26)61)10-6-12-43-38(41)42/h1-3,7-8,21-27H,4-6,9-19,39H2,(H2,40,56)(H,44,57)(H,45,53)(H,46,52)(H,47,61)(H,48,62)(H,49,59)(H,50,58)(H,51,60)(H,54,55)(H4,41,42,43)/t21-,22-,23-,24-,25-,26-,27-/m0/s1. The van der Waals surface area contributed by atoms with Gasteiger partial charge in [0.1, 0.15) is 42.3 Å². The molecule has 1 aromatic carbocycles.